The number of hydrogen-bond acceptors (Lipinski definition) is 1. The van der Waals surface area contributed by atoms with Crippen molar-refractivity contribution in [2.24, 2.45) is 0 Å². The fraction of sp³-hybridized carbons (Fsp3) is 0.400. The van der Waals surface area contributed by atoms with E-state index in [2.05, 4.69) is 9.85 Å². The van der Waals surface area contributed by atoms with Gasteiger partial charge in [0.15, 0.2) is 0 Å². The van der Waals surface area contributed by atoms with E-state index in [1.54, 1.807) is 0 Å². The van der Waals surface area contributed by atoms with Gasteiger partial charge < -0.3 is 0 Å². The third-order valence-electron chi connectivity index (χ3n) is 0.560. The SMILES string of the molecule is CN(C)[C](=[W])C#CI. The van der Waals surface area contributed by atoms with Crippen molar-refractivity contribution in [2.45, 2.75) is 0 Å². The maximum absolute atomic E-state index is 2.96. The first kappa shape index (κ1) is 8.81. The van der Waals surface area contributed by atoms with Gasteiger partial charge in [-0.1, -0.05) is 0 Å². The van der Waals surface area contributed by atoms with Crippen LogP contribution >= 0.6 is 22.6 Å². The Morgan fingerprint density at radius 2 is 2.12 bits per heavy atom. The van der Waals surface area contributed by atoms with Gasteiger partial charge in [-0.25, -0.2) is 0 Å². The van der Waals surface area contributed by atoms with Crippen molar-refractivity contribution in [2.75, 3.05) is 14.1 Å². The van der Waals surface area contributed by atoms with Crippen molar-refractivity contribution in [1.82, 2.24) is 4.90 Å². The number of halogens is 1. The topological polar surface area (TPSA) is 3.24 Å². The van der Waals surface area contributed by atoms with Gasteiger partial charge in [0.1, 0.15) is 0 Å². The molecule has 0 aliphatic rings. The molecule has 0 aliphatic heterocycles. The number of rotatable bonds is 1. The molecule has 0 saturated heterocycles. The van der Waals surface area contributed by atoms with Crippen LogP contribution in [0.3, 0.4) is 0 Å². The van der Waals surface area contributed by atoms with Gasteiger partial charge in [-0.05, 0) is 0 Å². The first-order valence-corrected chi connectivity index (χ1v) is 4.56. The molecule has 0 saturated carbocycles. The summed E-state index contributed by atoms with van der Waals surface area (Å²) in [7, 11) is 4.01. The van der Waals surface area contributed by atoms with E-state index in [1.165, 1.54) is 23.4 Å². The minimum absolute atomic E-state index is 1.18. The molecular formula is C5H6INW. The Kier molecular flexibility index (Phi) is 5.14. The van der Waals surface area contributed by atoms with Crippen LogP contribution in [0.2, 0.25) is 0 Å². The Morgan fingerprint density at radius 1 is 1.62 bits per heavy atom. The van der Waals surface area contributed by atoms with Crippen molar-refractivity contribution in [3.05, 3.63) is 0 Å². The Morgan fingerprint density at radius 3 is 2.25 bits per heavy atom. The van der Waals surface area contributed by atoms with Crippen LogP contribution in [0.15, 0.2) is 0 Å². The summed E-state index contributed by atoms with van der Waals surface area (Å²) in [6, 6.07) is 0. The third kappa shape index (κ3) is 3.77. The summed E-state index contributed by atoms with van der Waals surface area (Å²) in [5.41, 5.74) is 0. The zero-order valence-electron chi connectivity index (χ0n) is 4.73. The summed E-state index contributed by atoms with van der Waals surface area (Å²) in [6.07, 6.45) is 0. The van der Waals surface area contributed by atoms with E-state index in [9.17, 15) is 0 Å². The summed E-state index contributed by atoms with van der Waals surface area (Å²) in [4.78, 5) is 2.03. The Balaban J connectivity index is 3.78. The molecule has 0 aromatic rings. The first-order chi connectivity index (χ1) is 3.68. The van der Waals surface area contributed by atoms with E-state index in [0.29, 0.717) is 0 Å². The standard InChI is InChI=1S/C5H6IN.W/c1-7(2)5-3-4-6;/h1-2H3;. The average molecular weight is 391 g/mol. The Bertz CT molecular complexity index is 142. The second-order valence-electron chi connectivity index (χ2n) is 1.42. The molecule has 0 atom stereocenters. The van der Waals surface area contributed by atoms with Crippen molar-refractivity contribution in [3.8, 4) is 9.85 Å². The molecule has 0 aromatic heterocycles. The van der Waals surface area contributed by atoms with E-state index >= 15 is 0 Å². The molecule has 0 heterocycles. The van der Waals surface area contributed by atoms with Crippen LogP contribution < -0.4 is 0 Å². The summed E-state index contributed by atoms with van der Waals surface area (Å²) < 4.78 is 3.99. The van der Waals surface area contributed by atoms with Gasteiger partial charge in [0, 0.05) is 0 Å². The molecule has 0 N–H and O–H groups in total. The predicted octanol–water partition coefficient (Wildman–Crippen LogP) is 0.621. The fourth-order valence-electron chi connectivity index (χ4n) is 0.152. The predicted molar refractivity (Wildman–Crippen MR) is 40.5 cm³/mol. The molecule has 8 heavy (non-hydrogen) atoms. The normalized spacial score (nSPS) is 8.00. The van der Waals surface area contributed by atoms with Crippen molar-refractivity contribution in [1.29, 1.82) is 0 Å². The second-order valence-corrected chi connectivity index (χ2v) is 3.35. The molecule has 0 aromatic carbocycles. The monoisotopic (exact) mass is 391 g/mol. The van der Waals surface area contributed by atoms with Gasteiger partial charge in [-0.15, -0.1) is 0 Å². The van der Waals surface area contributed by atoms with E-state index in [4.69, 9.17) is 0 Å². The zero-order chi connectivity index (χ0) is 6.57. The van der Waals surface area contributed by atoms with Crippen molar-refractivity contribution < 1.29 is 19.4 Å². The molecule has 0 amide bonds. The minimum atomic E-state index is 1.18. The molecule has 0 radical (unpaired) electrons. The van der Waals surface area contributed by atoms with E-state index in [1.807, 2.05) is 41.6 Å². The summed E-state index contributed by atoms with van der Waals surface area (Å²) in [5.74, 6) is 2.96. The molecule has 0 bridgehead atoms. The van der Waals surface area contributed by atoms with Crippen molar-refractivity contribution >= 4 is 26.6 Å². The van der Waals surface area contributed by atoms with E-state index in [0.717, 1.165) is 0 Å². The average Bonchev–Trinajstić information content (AvgIpc) is 1.67. The van der Waals surface area contributed by atoms with Crippen LogP contribution in [0.5, 0.6) is 0 Å². The molecule has 0 unspecified atom stereocenters. The van der Waals surface area contributed by atoms with Crippen LogP contribution in [0.25, 0.3) is 0 Å². The van der Waals surface area contributed by atoms with E-state index in [-0.39, 0.29) is 0 Å². The number of hydrogen-bond donors (Lipinski definition) is 0. The molecule has 1 nitrogen and oxygen atoms in total. The molecule has 0 rings (SSSR count). The second kappa shape index (κ2) is 4.66. The first-order valence-electron chi connectivity index (χ1n) is 2.01. The molecular weight excluding hydrogens is 385 g/mol. The van der Waals surface area contributed by atoms with Gasteiger partial charge in [-0.2, -0.15) is 0 Å². The summed E-state index contributed by atoms with van der Waals surface area (Å²) >= 11 is 3.47. The van der Waals surface area contributed by atoms with Crippen molar-refractivity contribution in [3.63, 3.8) is 0 Å². The molecule has 0 aliphatic carbocycles. The summed E-state index contributed by atoms with van der Waals surface area (Å²) in [6.45, 7) is 0. The van der Waals surface area contributed by atoms with Crippen LogP contribution in [0, 0.1) is 9.85 Å². The van der Waals surface area contributed by atoms with Crippen LogP contribution in [-0.4, -0.2) is 23.0 Å². The summed E-state index contributed by atoms with van der Waals surface area (Å²) in [5, 5.41) is 0. The van der Waals surface area contributed by atoms with Gasteiger partial charge in [-0.3, -0.25) is 0 Å². The van der Waals surface area contributed by atoms with Gasteiger partial charge in [0.25, 0.3) is 0 Å². The zero-order valence-corrected chi connectivity index (χ0v) is 9.82. The van der Waals surface area contributed by atoms with Crippen LogP contribution in [0.1, 0.15) is 0 Å². The Labute approximate surface area is 74.4 Å². The third-order valence-corrected chi connectivity index (χ3v) is 2.51. The van der Waals surface area contributed by atoms with Gasteiger partial charge in [0.05, 0.1) is 0 Å². The maximum atomic E-state index is 2.96. The molecule has 0 fully saturated rings. The van der Waals surface area contributed by atoms with Gasteiger partial charge in [0.2, 0.25) is 0 Å². The van der Waals surface area contributed by atoms with Crippen LogP contribution in [0.4, 0.5) is 0 Å². The molecule has 3 heteroatoms. The van der Waals surface area contributed by atoms with Gasteiger partial charge >= 0.3 is 74.8 Å². The molecule has 44 valence electrons. The number of nitrogens with zero attached hydrogens (tertiary/aromatic N) is 1. The molecule has 0 spiro atoms. The van der Waals surface area contributed by atoms with E-state index < -0.39 is 0 Å². The van der Waals surface area contributed by atoms with Crippen LogP contribution in [-0.2, 0) is 19.4 Å². The quantitative estimate of drug-likeness (QED) is 0.469. The fourth-order valence-corrected chi connectivity index (χ4v) is 1.31. The Hall–Kier alpha value is 0.808.